The highest BCUT2D eigenvalue weighted by atomic mass is 16.8. The van der Waals surface area contributed by atoms with Crippen LogP contribution in [0.15, 0.2) is 24.3 Å². The summed E-state index contributed by atoms with van der Waals surface area (Å²) in [5.41, 5.74) is 1.41. The molecule has 0 aliphatic carbocycles. The molecule has 2 saturated heterocycles. The summed E-state index contributed by atoms with van der Waals surface area (Å²) in [6, 6.07) is 7.01. The van der Waals surface area contributed by atoms with E-state index < -0.39 is 116 Å². The number of aryl methyl sites for hydroxylation is 1. The topological polar surface area (TPSA) is 224 Å². The number of ether oxygens (including phenoxy) is 10. The van der Waals surface area contributed by atoms with Crippen molar-refractivity contribution in [2.75, 3.05) is 18.5 Å². The van der Waals surface area contributed by atoms with E-state index in [1.807, 2.05) is 6.92 Å². The van der Waals surface area contributed by atoms with Crippen molar-refractivity contribution >= 4 is 47.5 Å². The smallest absolute Gasteiger partial charge is 0.303 e. The first-order chi connectivity index (χ1) is 23.9. The molecule has 0 radical (unpaired) electrons. The van der Waals surface area contributed by atoms with E-state index in [1.165, 1.54) is 0 Å². The van der Waals surface area contributed by atoms with Gasteiger partial charge in [-0.3, -0.25) is 33.6 Å². The van der Waals surface area contributed by atoms with Crippen LogP contribution in [0, 0.1) is 6.92 Å². The fraction of sp³-hybridized carbons (Fsp3) is 0.606. The van der Waals surface area contributed by atoms with Gasteiger partial charge in [0.25, 0.3) is 0 Å². The number of anilines is 1. The quantitative estimate of drug-likeness (QED) is 0.221. The number of benzene rings is 1. The first-order valence-corrected chi connectivity index (χ1v) is 15.9. The number of hydrogen-bond acceptors (Lipinski definition) is 18. The molecule has 1 aromatic carbocycles. The predicted molar refractivity (Wildman–Crippen MR) is 168 cm³/mol. The van der Waals surface area contributed by atoms with Gasteiger partial charge in [-0.15, -0.1) is 0 Å². The van der Waals surface area contributed by atoms with Gasteiger partial charge < -0.3 is 52.7 Å². The number of hydrogen-bond donors (Lipinski definition) is 1. The van der Waals surface area contributed by atoms with Gasteiger partial charge in [0.05, 0.1) is 0 Å². The summed E-state index contributed by atoms with van der Waals surface area (Å²) < 4.78 is 56.8. The van der Waals surface area contributed by atoms with E-state index in [-0.39, 0.29) is 0 Å². The van der Waals surface area contributed by atoms with E-state index in [1.54, 1.807) is 24.3 Å². The Balaban J connectivity index is 2.20. The molecule has 1 N–H and O–H groups in total. The van der Waals surface area contributed by atoms with E-state index in [9.17, 15) is 33.6 Å². The Morgan fingerprint density at radius 3 is 1.35 bits per heavy atom. The maximum atomic E-state index is 12.6. The normalized spacial score (nSPS) is 28.6. The van der Waals surface area contributed by atoms with Crippen molar-refractivity contribution in [2.45, 2.75) is 117 Å². The molecule has 0 spiro atoms. The van der Waals surface area contributed by atoms with E-state index in [4.69, 9.17) is 47.4 Å². The standard InChI is InChI=1S/C33H43NO17/c1-15-9-11-23(12-10-15)34-32-30(28(46-20(6)39)26(44-18(4)37)24(49-32)13-42-16(2)35)51-33-31(48-22(8)41)29(47-21(7)40)27(45-19(5)38)25(50-33)14-43-17(3)36/h9-12,24-34H,13-14H2,1-8H3. The maximum absolute atomic E-state index is 12.6. The summed E-state index contributed by atoms with van der Waals surface area (Å²) in [6.07, 6.45) is -14.9. The first kappa shape index (κ1) is 40.6. The van der Waals surface area contributed by atoms with E-state index in [0.29, 0.717) is 5.69 Å². The lowest BCUT2D eigenvalue weighted by atomic mass is 9.95. The highest BCUT2D eigenvalue weighted by molar-refractivity contribution is 5.69. The molecule has 2 fully saturated rings. The number of rotatable bonds is 13. The molecule has 1 aromatic rings. The summed E-state index contributed by atoms with van der Waals surface area (Å²) in [6.45, 7) is 8.53. The Bertz CT molecular complexity index is 1430. The van der Waals surface area contributed by atoms with Gasteiger partial charge in [-0.05, 0) is 19.1 Å². The van der Waals surface area contributed by atoms with E-state index >= 15 is 0 Å². The van der Waals surface area contributed by atoms with Gasteiger partial charge in [0, 0.05) is 54.2 Å². The molecule has 282 valence electrons. The van der Waals surface area contributed by atoms with Crippen LogP contribution in [0.1, 0.15) is 54.0 Å². The maximum Gasteiger partial charge on any atom is 0.303 e. The van der Waals surface area contributed by atoms with Gasteiger partial charge in [-0.25, -0.2) is 0 Å². The van der Waals surface area contributed by atoms with Crippen LogP contribution in [0.25, 0.3) is 0 Å². The zero-order valence-electron chi connectivity index (χ0n) is 29.4. The zero-order valence-corrected chi connectivity index (χ0v) is 29.4. The van der Waals surface area contributed by atoms with Crippen LogP contribution in [0.2, 0.25) is 0 Å². The average Bonchev–Trinajstić information content (AvgIpc) is 3.00. The Kier molecular flexibility index (Phi) is 14.7. The summed E-state index contributed by atoms with van der Waals surface area (Å²) in [5, 5.41) is 3.12. The molecular formula is C33H43NO17. The second-order valence-corrected chi connectivity index (χ2v) is 11.7. The van der Waals surface area contributed by atoms with E-state index in [2.05, 4.69) is 5.32 Å². The van der Waals surface area contributed by atoms with Crippen molar-refractivity contribution in [1.29, 1.82) is 0 Å². The molecule has 51 heavy (non-hydrogen) atoms. The fourth-order valence-electron chi connectivity index (χ4n) is 5.44. The molecule has 3 rings (SSSR count). The van der Waals surface area contributed by atoms with E-state index in [0.717, 1.165) is 54.0 Å². The Morgan fingerprint density at radius 1 is 0.529 bits per heavy atom. The van der Waals surface area contributed by atoms with Gasteiger partial charge in [0.1, 0.15) is 31.5 Å². The molecule has 0 saturated carbocycles. The lowest BCUT2D eigenvalue weighted by Crippen LogP contribution is -2.68. The van der Waals surface area contributed by atoms with Crippen LogP contribution < -0.4 is 5.32 Å². The molecule has 0 aromatic heterocycles. The van der Waals surface area contributed by atoms with Gasteiger partial charge in [-0.1, -0.05) is 17.7 Å². The van der Waals surface area contributed by atoms with Crippen LogP contribution in [0.4, 0.5) is 5.69 Å². The summed E-state index contributed by atoms with van der Waals surface area (Å²) in [5.74, 6) is -5.66. The minimum Gasteiger partial charge on any atom is -0.463 e. The second-order valence-electron chi connectivity index (χ2n) is 11.7. The number of esters is 7. The molecule has 18 nitrogen and oxygen atoms in total. The van der Waals surface area contributed by atoms with Crippen LogP contribution in [-0.2, 0) is 80.9 Å². The third-order valence-corrected chi connectivity index (χ3v) is 7.29. The highest BCUT2D eigenvalue weighted by Gasteiger charge is 2.57. The van der Waals surface area contributed by atoms with Crippen LogP contribution in [-0.4, -0.2) is 116 Å². The lowest BCUT2D eigenvalue weighted by Gasteiger charge is -2.49. The number of carbonyl (C=O) groups excluding carboxylic acids is 7. The zero-order chi connectivity index (χ0) is 38.0. The number of nitrogens with one attached hydrogen (secondary N) is 1. The van der Waals surface area contributed by atoms with Crippen molar-refractivity contribution < 1.29 is 80.9 Å². The van der Waals surface area contributed by atoms with Crippen molar-refractivity contribution in [3.05, 3.63) is 29.8 Å². The van der Waals surface area contributed by atoms with Crippen molar-refractivity contribution in [3.63, 3.8) is 0 Å². The Labute approximate surface area is 293 Å². The van der Waals surface area contributed by atoms with Crippen LogP contribution in [0.5, 0.6) is 0 Å². The molecule has 18 heteroatoms. The van der Waals surface area contributed by atoms with Crippen molar-refractivity contribution in [3.8, 4) is 0 Å². The average molecular weight is 726 g/mol. The molecule has 2 aliphatic heterocycles. The Morgan fingerprint density at radius 2 is 0.922 bits per heavy atom. The minimum absolute atomic E-state index is 0.442. The monoisotopic (exact) mass is 725 g/mol. The van der Waals surface area contributed by atoms with Gasteiger partial charge in [-0.2, -0.15) is 0 Å². The summed E-state index contributed by atoms with van der Waals surface area (Å²) in [4.78, 5) is 85.5. The minimum atomic E-state index is -1.75. The lowest BCUT2D eigenvalue weighted by molar-refractivity contribution is -0.342. The molecular weight excluding hydrogens is 682 g/mol. The molecule has 2 heterocycles. The predicted octanol–water partition coefficient (Wildman–Crippen LogP) is 1.03. The Hall–Kier alpha value is -4.81. The van der Waals surface area contributed by atoms with Crippen molar-refractivity contribution in [2.24, 2.45) is 0 Å². The molecule has 10 atom stereocenters. The van der Waals surface area contributed by atoms with Gasteiger partial charge in [0.2, 0.25) is 0 Å². The number of carbonyl (C=O) groups is 7. The van der Waals surface area contributed by atoms with Gasteiger partial charge in [0.15, 0.2) is 43.0 Å². The molecule has 0 bridgehead atoms. The molecule has 0 amide bonds. The third-order valence-electron chi connectivity index (χ3n) is 7.29. The SMILES string of the molecule is CC(=O)OCC1OC(Nc2ccc(C)cc2)C(OC2OC(COC(C)=O)C(OC(C)=O)C(OC(C)=O)C2OC(C)=O)C(OC(C)=O)C1OC(C)=O. The van der Waals surface area contributed by atoms with Crippen molar-refractivity contribution in [1.82, 2.24) is 0 Å². The molecule has 10 unspecified atom stereocenters. The largest absolute Gasteiger partial charge is 0.463 e. The van der Waals surface area contributed by atoms with Gasteiger partial charge >= 0.3 is 41.8 Å². The first-order valence-electron chi connectivity index (χ1n) is 15.9. The fourth-order valence-corrected chi connectivity index (χ4v) is 5.44. The van der Waals surface area contributed by atoms with Crippen LogP contribution >= 0.6 is 0 Å². The second kappa shape index (κ2) is 18.4. The highest BCUT2D eigenvalue weighted by Crippen LogP contribution is 2.35. The third kappa shape index (κ3) is 12.2. The molecule has 2 aliphatic rings. The summed E-state index contributed by atoms with van der Waals surface area (Å²) >= 11 is 0. The summed E-state index contributed by atoms with van der Waals surface area (Å²) in [7, 11) is 0. The van der Waals surface area contributed by atoms with Crippen LogP contribution in [0.3, 0.4) is 0 Å².